The molecule has 4 nitrogen and oxygen atoms in total. The summed E-state index contributed by atoms with van der Waals surface area (Å²) in [6, 6.07) is 8.19. The molecule has 0 unspecified atom stereocenters. The van der Waals surface area contributed by atoms with Crippen LogP contribution >= 0.6 is 11.8 Å². The monoisotopic (exact) mass is 287 g/mol. The van der Waals surface area contributed by atoms with Gasteiger partial charge in [0.15, 0.2) is 0 Å². The maximum atomic E-state index is 12.3. The SMILES string of the molecule is CCSCCn1nc2n(c1=O)C=Cc1ccccc1C2. The molecule has 1 aliphatic heterocycles. The highest BCUT2D eigenvalue weighted by molar-refractivity contribution is 7.99. The van der Waals surface area contributed by atoms with Crippen LogP contribution in [0, 0.1) is 0 Å². The fourth-order valence-corrected chi connectivity index (χ4v) is 2.95. The first-order valence-electron chi connectivity index (χ1n) is 6.81. The molecule has 0 radical (unpaired) electrons. The van der Waals surface area contributed by atoms with Crippen molar-refractivity contribution in [2.24, 2.45) is 0 Å². The minimum Gasteiger partial charge on any atom is -0.253 e. The summed E-state index contributed by atoms with van der Waals surface area (Å²) in [6.07, 6.45) is 4.52. The molecule has 20 heavy (non-hydrogen) atoms. The van der Waals surface area contributed by atoms with E-state index in [1.54, 1.807) is 9.25 Å². The lowest BCUT2D eigenvalue weighted by atomic mass is 10.1. The number of aromatic nitrogens is 3. The first-order chi connectivity index (χ1) is 9.79. The number of thioether (sulfide) groups is 1. The van der Waals surface area contributed by atoms with Gasteiger partial charge in [-0.1, -0.05) is 31.2 Å². The van der Waals surface area contributed by atoms with E-state index < -0.39 is 0 Å². The van der Waals surface area contributed by atoms with Crippen molar-refractivity contribution in [3.05, 3.63) is 51.7 Å². The van der Waals surface area contributed by atoms with Crippen molar-refractivity contribution < 1.29 is 0 Å². The zero-order valence-electron chi connectivity index (χ0n) is 11.5. The molecule has 0 fully saturated rings. The van der Waals surface area contributed by atoms with Gasteiger partial charge >= 0.3 is 5.69 Å². The maximum absolute atomic E-state index is 12.3. The van der Waals surface area contributed by atoms with Gasteiger partial charge in [-0.05, 0) is 23.0 Å². The van der Waals surface area contributed by atoms with Crippen LogP contribution in [0.3, 0.4) is 0 Å². The maximum Gasteiger partial charge on any atom is 0.350 e. The number of hydrogen-bond acceptors (Lipinski definition) is 3. The van der Waals surface area contributed by atoms with Crippen LogP contribution in [0.15, 0.2) is 29.1 Å². The molecular weight excluding hydrogens is 270 g/mol. The van der Waals surface area contributed by atoms with Gasteiger partial charge in [-0.15, -0.1) is 0 Å². The summed E-state index contributed by atoms with van der Waals surface area (Å²) in [4.78, 5) is 12.3. The molecule has 2 heterocycles. The molecule has 0 amide bonds. The van der Waals surface area contributed by atoms with Crippen LogP contribution in [0.4, 0.5) is 0 Å². The number of aryl methyl sites for hydroxylation is 1. The van der Waals surface area contributed by atoms with Gasteiger partial charge in [0.25, 0.3) is 0 Å². The second kappa shape index (κ2) is 5.71. The highest BCUT2D eigenvalue weighted by atomic mass is 32.2. The molecule has 1 aromatic carbocycles. The minimum absolute atomic E-state index is 0.0410. The Morgan fingerprint density at radius 1 is 1.35 bits per heavy atom. The van der Waals surface area contributed by atoms with Gasteiger partial charge in [0, 0.05) is 18.4 Å². The Hall–Kier alpha value is -1.75. The number of benzene rings is 1. The molecule has 2 aromatic rings. The van der Waals surface area contributed by atoms with Gasteiger partial charge in [0.1, 0.15) is 5.82 Å². The van der Waals surface area contributed by atoms with E-state index in [0.29, 0.717) is 13.0 Å². The van der Waals surface area contributed by atoms with Crippen LogP contribution < -0.4 is 5.69 Å². The van der Waals surface area contributed by atoms with Crippen molar-refractivity contribution in [2.45, 2.75) is 19.9 Å². The van der Waals surface area contributed by atoms with E-state index in [4.69, 9.17) is 0 Å². The Bertz CT molecular complexity index is 699. The smallest absolute Gasteiger partial charge is 0.253 e. The summed E-state index contributed by atoms with van der Waals surface area (Å²) in [5.74, 6) is 2.81. The van der Waals surface area contributed by atoms with Crippen molar-refractivity contribution in [1.29, 1.82) is 0 Å². The molecule has 0 N–H and O–H groups in total. The van der Waals surface area contributed by atoms with Crippen LogP contribution in [0.25, 0.3) is 12.3 Å². The molecule has 3 rings (SSSR count). The summed E-state index contributed by atoms with van der Waals surface area (Å²) < 4.78 is 3.24. The largest absolute Gasteiger partial charge is 0.350 e. The second-order valence-corrected chi connectivity index (χ2v) is 6.07. The van der Waals surface area contributed by atoms with E-state index in [1.807, 2.05) is 36.2 Å². The van der Waals surface area contributed by atoms with Crippen molar-refractivity contribution in [3.63, 3.8) is 0 Å². The van der Waals surface area contributed by atoms with E-state index >= 15 is 0 Å². The molecule has 1 aliphatic rings. The number of fused-ring (bicyclic) bond motifs is 2. The third-order valence-electron chi connectivity index (χ3n) is 3.40. The average Bonchev–Trinajstić information content (AvgIpc) is 2.65. The summed E-state index contributed by atoms with van der Waals surface area (Å²) in [7, 11) is 0. The highest BCUT2D eigenvalue weighted by Crippen LogP contribution is 2.18. The van der Waals surface area contributed by atoms with E-state index in [9.17, 15) is 4.79 Å². The predicted molar refractivity (Wildman–Crippen MR) is 84.0 cm³/mol. The molecule has 1 aromatic heterocycles. The van der Waals surface area contributed by atoms with Gasteiger partial charge in [-0.3, -0.25) is 4.57 Å². The molecule has 0 spiro atoms. The molecule has 0 saturated heterocycles. The number of hydrogen-bond donors (Lipinski definition) is 0. The molecule has 0 atom stereocenters. The zero-order valence-corrected chi connectivity index (χ0v) is 12.3. The lowest BCUT2D eigenvalue weighted by Crippen LogP contribution is -2.23. The fraction of sp³-hybridized carbons (Fsp3) is 0.333. The van der Waals surface area contributed by atoms with Gasteiger partial charge in [-0.25, -0.2) is 9.48 Å². The Labute approximate surface area is 122 Å². The van der Waals surface area contributed by atoms with Gasteiger partial charge < -0.3 is 0 Å². The van der Waals surface area contributed by atoms with Crippen LogP contribution in [-0.2, 0) is 13.0 Å². The Morgan fingerprint density at radius 2 is 2.20 bits per heavy atom. The standard InChI is InChI=1S/C15H17N3OS/c1-2-20-10-9-18-15(19)17-8-7-12-5-3-4-6-13(12)11-14(17)16-18/h3-8H,2,9-11H2,1H3. The molecule has 104 valence electrons. The number of nitrogens with zero attached hydrogens (tertiary/aromatic N) is 3. The van der Waals surface area contributed by atoms with Gasteiger partial charge in [-0.2, -0.15) is 16.9 Å². The molecule has 5 heteroatoms. The van der Waals surface area contributed by atoms with E-state index in [-0.39, 0.29) is 5.69 Å². The molecule has 0 bridgehead atoms. The first-order valence-corrected chi connectivity index (χ1v) is 7.97. The lowest BCUT2D eigenvalue weighted by Gasteiger charge is -2.01. The Kier molecular flexibility index (Phi) is 3.78. The van der Waals surface area contributed by atoms with Crippen molar-refractivity contribution in [1.82, 2.24) is 14.3 Å². The van der Waals surface area contributed by atoms with Crippen LogP contribution in [0.2, 0.25) is 0 Å². The summed E-state index contributed by atoms with van der Waals surface area (Å²) in [6.45, 7) is 2.79. The summed E-state index contributed by atoms with van der Waals surface area (Å²) >= 11 is 1.82. The van der Waals surface area contributed by atoms with Crippen LogP contribution in [-0.4, -0.2) is 25.9 Å². The molecule has 0 saturated carbocycles. The molecular formula is C15H17N3OS. The Morgan fingerprint density at radius 3 is 3.05 bits per heavy atom. The van der Waals surface area contributed by atoms with Crippen LogP contribution in [0.1, 0.15) is 23.9 Å². The van der Waals surface area contributed by atoms with Crippen molar-refractivity contribution in [3.8, 4) is 0 Å². The highest BCUT2D eigenvalue weighted by Gasteiger charge is 2.15. The third-order valence-corrected chi connectivity index (χ3v) is 4.28. The number of rotatable bonds is 4. The van der Waals surface area contributed by atoms with Crippen molar-refractivity contribution in [2.75, 3.05) is 11.5 Å². The topological polar surface area (TPSA) is 39.8 Å². The predicted octanol–water partition coefficient (Wildman–Crippen LogP) is 2.33. The normalized spacial score (nSPS) is 12.8. The van der Waals surface area contributed by atoms with Crippen LogP contribution in [0.5, 0.6) is 0 Å². The quantitative estimate of drug-likeness (QED) is 0.691. The minimum atomic E-state index is -0.0410. The summed E-state index contributed by atoms with van der Waals surface area (Å²) in [5, 5.41) is 4.48. The van der Waals surface area contributed by atoms with E-state index in [2.05, 4.69) is 24.2 Å². The summed E-state index contributed by atoms with van der Waals surface area (Å²) in [5.41, 5.74) is 2.33. The first kappa shape index (κ1) is 13.2. The lowest BCUT2D eigenvalue weighted by molar-refractivity contribution is 0.631. The van der Waals surface area contributed by atoms with Gasteiger partial charge in [0.05, 0.1) is 6.54 Å². The second-order valence-electron chi connectivity index (χ2n) is 4.68. The van der Waals surface area contributed by atoms with Crippen molar-refractivity contribution >= 4 is 24.0 Å². The van der Waals surface area contributed by atoms with Gasteiger partial charge in [0.2, 0.25) is 0 Å². The van der Waals surface area contributed by atoms with E-state index in [0.717, 1.165) is 22.9 Å². The Balaban J connectivity index is 1.93. The zero-order chi connectivity index (χ0) is 13.9. The van der Waals surface area contributed by atoms with E-state index in [1.165, 1.54) is 5.56 Å². The third kappa shape index (κ3) is 2.45. The molecule has 0 aliphatic carbocycles. The fourth-order valence-electron chi connectivity index (χ4n) is 2.36. The average molecular weight is 287 g/mol.